The van der Waals surface area contributed by atoms with Crippen molar-refractivity contribution < 1.29 is 14.6 Å². The normalized spacial score (nSPS) is 24.1. The van der Waals surface area contributed by atoms with Gasteiger partial charge in [0.05, 0.1) is 6.61 Å². The molecule has 1 aliphatic heterocycles. The fourth-order valence-electron chi connectivity index (χ4n) is 1.43. The first-order chi connectivity index (χ1) is 7.71. The van der Waals surface area contributed by atoms with Crippen LogP contribution in [-0.2, 0) is 9.53 Å². The number of allylic oxidation sites excluding steroid dienone is 6. The van der Waals surface area contributed by atoms with E-state index in [4.69, 9.17) is 9.84 Å². The molecule has 0 aromatic heterocycles. The minimum atomic E-state index is -0.389. The van der Waals surface area contributed by atoms with E-state index >= 15 is 0 Å². The molecule has 1 N–H and O–H groups in total. The van der Waals surface area contributed by atoms with Crippen molar-refractivity contribution in [3.05, 3.63) is 48.1 Å². The molecule has 0 saturated carbocycles. The number of hydrogen-bond donors (Lipinski definition) is 1. The zero-order valence-electron chi connectivity index (χ0n) is 9.35. The second-order valence-electron chi connectivity index (χ2n) is 3.47. The smallest absolute Gasteiger partial charge is 0.334 e. The van der Waals surface area contributed by atoms with Crippen LogP contribution in [0.25, 0.3) is 0 Å². The first-order valence-electron chi connectivity index (χ1n) is 5.19. The van der Waals surface area contributed by atoms with Gasteiger partial charge in [-0.1, -0.05) is 30.9 Å². The van der Waals surface area contributed by atoms with E-state index in [9.17, 15) is 4.79 Å². The van der Waals surface area contributed by atoms with Gasteiger partial charge in [-0.3, -0.25) is 0 Å². The van der Waals surface area contributed by atoms with Crippen molar-refractivity contribution in [3.8, 4) is 0 Å². The number of hydrogen-bond acceptors (Lipinski definition) is 3. The summed E-state index contributed by atoms with van der Waals surface area (Å²) in [6, 6.07) is 0. The lowest BCUT2D eigenvalue weighted by Crippen LogP contribution is -2.10. The van der Waals surface area contributed by atoms with Crippen LogP contribution in [0.1, 0.15) is 13.3 Å². The fraction of sp³-hybridized carbons (Fsp3) is 0.308. The molecule has 1 fully saturated rings. The van der Waals surface area contributed by atoms with Crippen molar-refractivity contribution in [2.45, 2.75) is 19.4 Å². The Labute approximate surface area is 95.4 Å². The summed E-state index contributed by atoms with van der Waals surface area (Å²) in [5, 5.41) is 8.89. The summed E-state index contributed by atoms with van der Waals surface area (Å²) in [4.78, 5) is 11.4. The van der Waals surface area contributed by atoms with Gasteiger partial charge in [-0.05, 0) is 18.6 Å². The SMILES string of the molecule is C=C\C=C/C(/C=C1/CC(CO)OC1=O)=C\C. The zero-order chi connectivity index (χ0) is 12.0. The molecule has 1 unspecified atom stereocenters. The molecule has 0 aromatic rings. The molecule has 1 atom stereocenters. The minimum Gasteiger partial charge on any atom is -0.456 e. The molecule has 3 nitrogen and oxygen atoms in total. The van der Waals surface area contributed by atoms with E-state index in [0.717, 1.165) is 5.57 Å². The first kappa shape index (κ1) is 12.5. The summed E-state index contributed by atoms with van der Waals surface area (Å²) >= 11 is 0. The van der Waals surface area contributed by atoms with E-state index in [1.807, 2.05) is 19.1 Å². The molecule has 0 aliphatic carbocycles. The van der Waals surface area contributed by atoms with E-state index in [1.54, 1.807) is 18.2 Å². The number of rotatable bonds is 4. The summed E-state index contributed by atoms with van der Waals surface area (Å²) in [6.45, 7) is 5.34. The van der Waals surface area contributed by atoms with Crippen LogP contribution in [0.3, 0.4) is 0 Å². The van der Waals surface area contributed by atoms with Gasteiger partial charge in [0, 0.05) is 12.0 Å². The molecule has 3 heteroatoms. The summed E-state index contributed by atoms with van der Waals surface area (Å²) in [7, 11) is 0. The van der Waals surface area contributed by atoms with Crippen molar-refractivity contribution in [1.82, 2.24) is 0 Å². The molecule has 0 spiro atoms. The molecule has 0 amide bonds. The Morgan fingerprint density at radius 1 is 1.69 bits per heavy atom. The maximum absolute atomic E-state index is 11.4. The van der Waals surface area contributed by atoms with Gasteiger partial charge >= 0.3 is 5.97 Å². The number of ether oxygens (including phenoxy) is 1. The van der Waals surface area contributed by atoms with Crippen LogP contribution in [0, 0.1) is 0 Å². The maximum atomic E-state index is 11.4. The predicted octanol–water partition coefficient (Wildman–Crippen LogP) is 1.91. The molecular formula is C13H16O3. The monoisotopic (exact) mass is 220 g/mol. The second-order valence-corrected chi connectivity index (χ2v) is 3.47. The Hall–Kier alpha value is -1.61. The lowest BCUT2D eigenvalue weighted by molar-refractivity contribution is -0.140. The highest BCUT2D eigenvalue weighted by Gasteiger charge is 2.27. The van der Waals surface area contributed by atoms with Gasteiger partial charge in [0.25, 0.3) is 0 Å². The largest absolute Gasteiger partial charge is 0.456 e. The molecular weight excluding hydrogens is 204 g/mol. The van der Waals surface area contributed by atoms with Crippen LogP contribution in [0.5, 0.6) is 0 Å². The van der Waals surface area contributed by atoms with Gasteiger partial charge in [0.2, 0.25) is 0 Å². The van der Waals surface area contributed by atoms with Crippen molar-refractivity contribution in [2.24, 2.45) is 0 Å². The number of esters is 1. The summed E-state index contributed by atoms with van der Waals surface area (Å²) < 4.78 is 4.94. The third-order valence-electron chi connectivity index (χ3n) is 2.29. The van der Waals surface area contributed by atoms with Gasteiger partial charge in [0.15, 0.2) is 0 Å². The number of aliphatic hydroxyl groups is 1. The third kappa shape index (κ3) is 3.21. The Bertz CT molecular complexity index is 361. The Kier molecular flexibility index (Phi) is 4.73. The number of carbonyl (C=O) groups excluding carboxylic acids is 1. The van der Waals surface area contributed by atoms with Gasteiger partial charge in [0.1, 0.15) is 6.10 Å². The van der Waals surface area contributed by atoms with Crippen LogP contribution in [0.15, 0.2) is 48.1 Å². The predicted molar refractivity (Wildman–Crippen MR) is 62.8 cm³/mol. The van der Waals surface area contributed by atoms with Crippen LogP contribution >= 0.6 is 0 Å². The number of aliphatic hydroxyl groups excluding tert-OH is 1. The standard InChI is InChI=1S/C13H16O3/c1-3-5-6-10(4-2)7-11-8-12(9-14)16-13(11)15/h3-7,12,14H,1,8-9H2,2H3/b6-5-,10-4+,11-7-. The third-order valence-corrected chi connectivity index (χ3v) is 2.29. The fourth-order valence-corrected chi connectivity index (χ4v) is 1.43. The van der Waals surface area contributed by atoms with E-state index in [2.05, 4.69) is 6.58 Å². The van der Waals surface area contributed by atoms with Crippen molar-refractivity contribution in [2.75, 3.05) is 6.61 Å². The van der Waals surface area contributed by atoms with Crippen LogP contribution in [0.4, 0.5) is 0 Å². The molecule has 16 heavy (non-hydrogen) atoms. The highest BCUT2D eigenvalue weighted by molar-refractivity contribution is 5.91. The van der Waals surface area contributed by atoms with Gasteiger partial charge in [-0.15, -0.1) is 0 Å². The quantitative estimate of drug-likeness (QED) is 0.447. The second kappa shape index (κ2) is 6.08. The average molecular weight is 220 g/mol. The number of carbonyl (C=O) groups is 1. The lowest BCUT2D eigenvalue weighted by Gasteiger charge is -2.00. The first-order valence-corrected chi connectivity index (χ1v) is 5.19. The van der Waals surface area contributed by atoms with Gasteiger partial charge in [-0.25, -0.2) is 4.79 Å². The molecule has 1 rings (SSSR count). The van der Waals surface area contributed by atoms with E-state index in [-0.39, 0.29) is 18.7 Å². The summed E-state index contributed by atoms with van der Waals surface area (Å²) in [6.07, 6.45) is 9.08. The summed E-state index contributed by atoms with van der Waals surface area (Å²) in [5.74, 6) is -0.342. The zero-order valence-corrected chi connectivity index (χ0v) is 9.35. The Balaban J connectivity index is 2.79. The van der Waals surface area contributed by atoms with Crippen LogP contribution in [-0.4, -0.2) is 23.8 Å². The molecule has 0 aromatic carbocycles. The Morgan fingerprint density at radius 3 is 2.94 bits per heavy atom. The van der Waals surface area contributed by atoms with Gasteiger partial charge < -0.3 is 9.84 Å². The van der Waals surface area contributed by atoms with Crippen molar-refractivity contribution in [3.63, 3.8) is 0 Å². The highest BCUT2D eigenvalue weighted by Crippen LogP contribution is 2.21. The molecule has 1 saturated heterocycles. The lowest BCUT2D eigenvalue weighted by atomic mass is 10.1. The molecule has 1 heterocycles. The van der Waals surface area contributed by atoms with Crippen molar-refractivity contribution >= 4 is 5.97 Å². The van der Waals surface area contributed by atoms with Gasteiger partial charge in [-0.2, -0.15) is 0 Å². The Morgan fingerprint density at radius 2 is 2.44 bits per heavy atom. The number of cyclic esters (lactones) is 1. The minimum absolute atomic E-state index is 0.128. The molecule has 86 valence electrons. The molecule has 1 aliphatic rings. The molecule has 0 radical (unpaired) electrons. The van der Waals surface area contributed by atoms with E-state index in [0.29, 0.717) is 12.0 Å². The topological polar surface area (TPSA) is 46.5 Å². The van der Waals surface area contributed by atoms with E-state index < -0.39 is 0 Å². The summed E-state index contributed by atoms with van der Waals surface area (Å²) in [5.41, 5.74) is 1.52. The van der Waals surface area contributed by atoms with Crippen LogP contribution < -0.4 is 0 Å². The maximum Gasteiger partial charge on any atom is 0.334 e. The van der Waals surface area contributed by atoms with Crippen LogP contribution in [0.2, 0.25) is 0 Å². The molecule has 0 bridgehead atoms. The average Bonchev–Trinajstić information content (AvgIpc) is 2.65. The highest BCUT2D eigenvalue weighted by atomic mass is 16.6. The van der Waals surface area contributed by atoms with Crippen molar-refractivity contribution in [1.29, 1.82) is 0 Å². The van der Waals surface area contributed by atoms with E-state index in [1.165, 1.54) is 0 Å².